The van der Waals surface area contributed by atoms with Gasteiger partial charge in [-0.2, -0.15) is 0 Å². The first-order valence-corrected chi connectivity index (χ1v) is 7.98. The molecule has 2 aromatic carbocycles. The van der Waals surface area contributed by atoms with Crippen LogP contribution in [0, 0.1) is 0 Å². The molecule has 26 heavy (non-hydrogen) atoms. The SMILES string of the molecule is COC(=O)[C@H](CNC(=O)OCc1ccccc1)NC(=O)c1ccccc1. The van der Waals surface area contributed by atoms with Gasteiger partial charge in [0, 0.05) is 5.56 Å². The molecule has 0 spiro atoms. The highest BCUT2D eigenvalue weighted by Crippen LogP contribution is 2.01. The normalized spacial score (nSPS) is 11.1. The van der Waals surface area contributed by atoms with Crippen molar-refractivity contribution >= 4 is 18.0 Å². The predicted molar refractivity (Wildman–Crippen MR) is 94.3 cm³/mol. The monoisotopic (exact) mass is 356 g/mol. The van der Waals surface area contributed by atoms with Crippen molar-refractivity contribution in [2.24, 2.45) is 0 Å². The molecule has 2 N–H and O–H groups in total. The van der Waals surface area contributed by atoms with Crippen LogP contribution in [0.25, 0.3) is 0 Å². The first-order chi connectivity index (χ1) is 12.6. The number of nitrogens with one attached hydrogen (secondary N) is 2. The molecule has 0 aliphatic heterocycles. The van der Waals surface area contributed by atoms with Gasteiger partial charge in [0.25, 0.3) is 5.91 Å². The van der Waals surface area contributed by atoms with E-state index in [9.17, 15) is 14.4 Å². The third kappa shape index (κ3) is 5.94. The van der Waals surface area contributed by atoms with E-state index in [0.29, 0.717) is 5.56 Å². The van der Waals surface area contributed by atoms with Crippen molar-refractivity contribution in [1.29, 1.82) is 0 Å². The molecule has 2 amide bonds. The van der Waals surface area contributed by atoms with Crippen LogP contribution in [0.2, 0.25) is 0 Å². The van der Waals surface area contributed by atoms with Crippen LogP contribution in [0.15, 0.2) is 60.7 Å². The Morgan fingerprint density at radius 1 is 0.962 bits per heavy atom. The number of amides is 2. The van der Waals surface area contributed by atoms with Crippen LogP contribution in [-0.4, -0.2) is 37.7 Å². The number of rotatable bonds is 7. The summed E-state index contributed by atoms with van der Waals surface area (Å²) < 4.78 is 9.73. The summed E-state index contributed by atoms with van der Waals surface area (Å²) in [6, 6.07) is 16.6. The fraction of sp³-hybridized carbons (Fsp3) is 0.211. The summed E-state index contributed by atoms with van der Waals surface area (Å²) in [6.07, 6.45) is -0.697. The Balaban J connectivity index is 1.86. The molecule has 0 aliphatic carbocycles. The second kappa shape index (κ2) is 9.83. The average molecular weight is 356 g/mol. The Hall–Kier alpha value is -3.35. The van der Waals surface area contributed by atoms with Gasteiger partial charge in [0.05, 0.1) is 13.7 Å². The largest absolute Gasteiger partial charge is 0.467 e. The van der Waals surface area contributed by atoms with Gasteiger partial charge < -0.3 is 20.1 Å². The minimum Gasteiger partial charge on any atom is -0.467 e. The summed E-state index contributed by atoms with van der Waals surface area (Å²) in [5.74, 6) is -1.11. The number of benzene rings is 2. The molecule has 0 aliphatic rings. The van der Waals surface area contributed by atoms with Gasteiger partial charge in [0.1, 0.15) is 12.6 Å². The lowest BCUT2D eigenvalue weighted by Gasteiger charge is -2.17. The standard InChI is InChI=1S/C19H20N2O5/c1-25-18(23)16(21-17(22)15-10-6-3-7-11-15)12-20-19(24)26-13-14-8-4-2-5-9-14/h2-11,16H,12-13H2,1H3,(H,20,24)(H,21,22)/t16-/m0/s1. The second-order valence-electron chi connectivity index (χ2n) is 5.36. The van der Waals surface area contributed by atoms with Crippen LogP contribution >= 0.6 is 0 Å². The maximum atomic E-state index is 12.2. The van der Waals surface area contributed by atoms with Crippen LogP contribution in [-0.2, 0) is 20.9 Å². The zero-order chi connectivity index (χ0) is 18.8. The zero-order valence-corrected chi connectivity index (χ0v) is 14.3. The van der Waals surface area contributed by atoms with E-state index in [0.717, 1.165) is 5.56 Å². The van der Waals surface area contributed by atoms with Gasteiger partial charge >= 0.3 is 12.1 Å². The van der Waals surface area contributed by atoms with Gasteiger partial charge in [-0.05, 0) is 17.7 Å². The maximum absolute atomic E-state index is 12.2. The average Bonchev–Trinajstić information content (AvgIpc) is 2.70. The first kappa shape index (κ1) is 19.0. The Labute approximate surface area is 151 Å². The van der Waals surface area contributed by atoms with E-state index in [4.69, 9.17) is 4.74 Å². The van der Waals surface area contributed by atoms with Crippen molar-refractivity contribution in [3.8, 4) is 0 Å². The molecule has 0 bridgehead atoms. The third-order valence-electron chi connectivity index (χ3n) is 3.49. The van der Waals surface area contributed by atoms with E-state index in [1.54, 1.807) is 30.3 Å². The molecular weight excluding hydrogens is 336 g/mol. The lowest BCUT2D eigenvalue weighted by Crippen LogP contribution is -2.49. The van der Waals surface area contributed by atoms with E-state index in [2.05, 4.69) is 15.4 Å². The molecule has 0 radical (unpaired) electrons. The highest BCUT2D eigenvalue weighted by molar-refractivity contribution is 5.96. The van der Waals surface area contributed by atoms with Gasteiger partial charge in [0.2, 0.25) is 0 Å². The summed E-state index contributed by atoms with van der Waals surface area (Å²) >= 11 is 0. The van der Waals surface area contributed by atoms with Crippen molar-refractivity contribution in [1.82, 2.24) is 10.6 Å². The second-order valence-corrected chi connectivity index (χ2v) is 5.36. The number of hydrogen-bond acceptors (Lipinski definition) is 5. The Bertz CT molecular complexity index is 734. The maximum Gasteiger partial charge on any atom is 0.407 e. The minimum absolute atomic E-state index is 0.103. The number of esters is 1. The van der Waals surface area contributed by atoms with Gasteiger partial charge in [-0.1, -0.05) is 48.5 Å². The molecule has 0 saturated heterocycles. The van der Waals surface area contributed by atoms with E-state index in [-0.39, 0.29) is 13.2 Å². The molecule has 2 aromatic rings. The number of alkyl carbamates (subject to hydrolysis) is 1. The van der Waals surface area contributed by atoms with Crippen molar-refractivity contribution in [3.63, 3.8) is 0 Å². The zero-order valence-electron chi connectivity index (χ0n) is 14.3. The lowest BCUT2D eigenvalue weighted by molar-refractivity contribution is -0.142. The molecule has 0 heterocycles. The Morgan fingerprint density at radius 2 is 1.58 bits per heavy atom. The summed E-state index contributed by atoms with van der Waals surface area (Å²) in [7, 11) is 1.21. The first-order valence-electron chi connectivity index (χ1n) is 7.98. The van der Waals surface area contributed by atoms with Crippen molar-refractivity contribution in [2.75, 3.05) is 13.7 Å². The van der Waals surface area contributed by atoms with E-state index in [1.807, 2.05) is 30.3 Å². The summed E-state index contributed by atoms with van der Waals surface area (Å²) in [5, 5.41) is 4.98. The van der Waals surface area contributed by atoms with Gasteiger partial charge in [-0.15, -0.1) is 0 Å². The fourth-order valence-corrected chi connectivity index (χ4v) is 2.13. The summed E-state index contributed by atoms with van der Waals surface area (Å²) in [5.41, 5.74) is 1.23. The van der Waals surface area contributed by atoms with Crippen LogP contribution in [0.3, 0.4) is 0 Å². The number of carbonyl (C=O) groups excluding carboxylic acids is 3. The predicted octanol–water partition coefficient (Wildman–Crippen LogP) is 1.88. The summed E-state index contributed by atoms with van der Waals surface area (Å²) in [6.45, 7) is -0.0508. The van der Waals surface area contributed by atoms with Crippen LogP contribution < -0.4 is 10.6 Å². The molecule has 2 rings (SSSR count). The number of ether oxygens (including phenoxy) is 2. The van der Waals surface area contributed by atoms with Crippen LogP contribution in [0.5, 0.6) is 0 Å². The molecule has 1 atom stereocenters. The molecule has 136 valence electrons. The van der Waals surface area contributed by atoms with Gasteiger partial charge in [0.15, 0.2) is 0 Å². The molecule has 0 saturated carbocycles. The highest BCUT2D eigenvalue weighted by atomic mass is 16.5. The number of hydrogen-bond donors (Lipinski definition) is 2. The van der Waals surface area contributed by atoms with Gasteiger partial charge in [-0.3, -0.25) is 4.79 Å². The van der Waals surface area contributed by atoms with Crippen LogP contribution in [0.1, 0.15) is 15.9 Å². The lowest BCUT2D eigenvalue weighted by atomic mass is 10.2. The highest BCUT2D eigenvalue weighted by Gasteiger charge is 2.23. The van der Waals surface area contributed by atoms with Crippen LogP contribution in [0.4, 0.5) is 4.79 Å². The smallest absolute Gasteiger partial charge is 0.407 e. The van der Waals surface area contributed by atoms with Crippen molar-refractivity contribution in [3.05, 3.63) is 71.8 Å². The van der Waals surface area contributed by atoms with Gasteiger partial charge in [-0.25, -0.2) is 9.59 Å². The quantitative estimate of drug-likeness (QED) is 0.739. The minimum atomic E-state index is -1.03. The molecule has 0 unspecified atom stereocenters. The molecule has 7 nitrogen and oxygen atoms in total. The molecule has 0 fully saturated rings. The summed E-state index contributed by atoms with van der Waals surface area (Å²) in [4.78, 5) is 35.8. The molecular formula is C19H20N2O5. The van der Waals surface area contributed by atoms with Crippen molar-refractivity contribution < 1.29 is 23.9 Å². The number of methoxy groups -OCH3 is 1. The Kier molecular flexibility index (Phi) is 7.17. The molecule has 0 aromatic heterocycles. The third-order valence-corrected chi connectivity index (χ3v) is 3.49. The van der Waals surface area contributed by atoms with E-state index >= 15 is 0 Å². The Morgan fingerprint density at radius 3 is 2.19 bits per heavy atom. The van der Waals surface area contributed by atoms with Crippen molar-refractivity contribution in [2.45, 2.75) is 12.6 Å². The van der Waals surface area contributed by atoms with E-state index in [1.165, 1.54) is 7.11 Å². The number of carbonyl (C=O) groups is 3. The fourth-order valence-electron chi connectivity index (χ4n) is 2.13. The topological polar surface area (TPSA) is 93.7 Å². The molecule has 7 heteroatoms. The van der Waals surface area contributed by atoms with E-state index < -0.39 is 24.0 Å².